The fourth-order valence-electron chi connectivity index (χ4n) is 2.85. The standard InChI is InChI=1S/C18H13BrCl2F3NO3/c1-10-4-11(2-3-15(10)19)16(26)8-17(9-25(27)28,18(22,23)24)12-5-13(20)7-14(21)6-12/h2-7H,8-9H2,1H3/t17-/m0/s1. The van der Waals surface area contributed by atoms with Crippen LogP contribution in [0.1, 0.15) is 27.9 Å². The van der Waals surface area contributed by atoms with Crippen LogP contribution in [-0.4, -0.2) is 23.4 Å². The zero-order chi connectivity index (χ0) is 21.3. The maximum atomic E-state index is 14.2. The van der Waals surface area contributed by atoms with E-state index in [0.29, 0.717) is 10.0 Å². The first-order valence-corrected chi connectivity index (χ1v) is 9.35. The normalized spacial score (nSPS) is 13.8. The number of ketones is 1. The van der Waals surface area contributed by atoms with Gasteiger partial charge in [-0.3, -0.25) is 14.9 Å². The minimum atomic E-state index is -5.10. The third-order valence-electron chi connectivity index (χ3n) is 4.30. The van der Waals surface area contributed by atoms with Gasteiger partial charge in [0.25, 0.3) is 0 Å². The Kier molecular flexibility index (Phi) is 6.78. The van der Waals surface area contributed by atoms with Gasteiger partial charge in [-0.05, 0) is 48.4 Å². The van der Waals surface area contributed by atoms with E-state index in [1.807, 2.05) is 0 Å². The van der Waals surface area contributed by atoms with E-state index in [2.05, 4.69) is 15.9 Å². The largest absolute Gasteiger partial charge is 0.405 e. The van der Waals surface area contributed by atoms with Gasteiger partial charge in [0.1, 0.15) is 0 Å². The molecule has 150 valence electrons. The quantitative estimate of drug-likeness (QED) is 0.262. The minimum Gasteiger partial charge on any atom is -0.294 e. The van der Waals surface area contributed by atoms with Crippen molar-refractivity contribution in [1.29, 1.82) is 0 Å². The van der Waals surface area contributed by atoms with E-state index >= 15 is 0 Å². The number of nitro groups is 1. The number of carbonyl (C=O) groups is 1. The Labute approximate surface area is 176 Å². The van der Waals surface area contributed by atoms with Crippen LogP contribution < -0.4 is 0 Å². The third kappa shape index (κ3) is 4.85. The number of Topliss-reactive ketones (excluding diaryl/α,β-unsaturated/α-hetero) is 1. The molecule has 0 spiro atoms. The van der Waals surface area contributed by atoms with E-state index in [1.165, 1.54) is 24.3 Å². The molecule has 10 heteroatoms. The summed E-state index contributed by atoms with van der Waals surface area (Å²) in [5, 5.41) is 10.9. The molecular formula is C18H13BrCl2F3NO3. The first kappa shape index (κ1) is 22.6. The van der Waals surface area contributed by atoms with Crippen LogP contribution in [0.5, 0.6) is 0 Å². The summed E-state index contributed by atoms with van der Waals surface area (Å²) in [5.74, 6) is -0.883. The van der Waals surface area contributed by atoms with E-state index in [0.717, 1.165) is 12.1 Å². The lowest BCUT2D eigenvalue weighted by atomic mass is 9.74. The fourth-order valence-corrected chi connectivity index (χ4v) is 3.62. The molecule has 0 saturated carbocycles. The Bertz CT molecular complexity index is 917. The highest BCUT2D eigenvalue weighted by molar-refractivity contribution is 9.10. The first-order chi connectivity index (χ1) is 12.9. The monoisotopic (exact) mass is 497 g/mol. The maximum absolute atomic E-state index is 14.2. The predicted molar refractivity (Wildman–Crippen MR) is 104 cm³/mol. The highest BCUT2D eigenvalue weighted by atomic mass is 79.9. The molecule has 0 N–H and O–H groups in total. The van der Waals surface area contributed by atoms with E-state index in [4.69, 9.17) is 23.2 Å². The Morgan fingerprint density at radius 1 is 1.14 bits per heavy atom. The van der Waals surface area contributed by atoms with Crippen LogP contribution >= 0.6 is 39.1 Å². The summed E-state index contributed by atoms with van der Waals surface area (Å²) < 4.78 is 43.1. The van der Waals surface area contributed by atoms with E-state index in [9.17, 15) is 28.1 Å². The third-order valence-corrected chi connectivity index (χ3v) is 5.63. The molecule has 2 aromatic rings. The van der Waals surface area contributed by atoms with Crippen LogP contribution in [0.25, 0.3) is 0 Å². The highest BCUT2D eigenvalue weighted by Gasteiger charge is 2.60. The first-order valence-electron chi connectivity index (χ1n) is 7.80. The second-order valence-electron chi connectivity index (χ2n) is 6.29. The van der Waals surface area contributed by atoms with Crippen LogP contribution in [0, 0.1) is 17.0 Å². The molecule has 0 bridgehead atoms. The van der Waals surface area contributed by atoms with Crippen LogP contribution in [-0.2, 0) is 5.41 Å². The van der Waals surface area contributed by atoms with Crippen molar-refractivity contribution < 1.29 is 22.9 Å². The highest BCUT2D eigenvalue weighted by Crippen LogP contribution is 2.46. The number of hydrogen-bond acceptors (Lipinski definition) is 3. The Morgan fingerprint density at radius 2 is 1.71 bits per heavy atom. The van der Waals surface area contributed by atoms with Gasteiger partial charge in [-0.2, -0.15) is 13.2 Å². The molecule has 2 rings (SSSR count). The fraction of sp³-hybridized carbons (Fsp3) is 0.278. The SMILES string of the molecule is Cc1cc(C(=O)C[C@](C[N+](=O)[O-])(c2cc(Cl)cc(Cl)c2)C(F)(F)F)ccc1Br. The topological polar surface area (TPSA) is 60.2 Å². The molecule has 0 unspecified atom stereocenters. The summed E-state index contributed by atoms with van der Waals surface area (Å²) in [5.41, 5.74) is -2.95. The second-order valence-corrected chi connectivity index (χ2v) is 8.02. The Morgan fingerprint density at radius 3 is 2.18 bits per heavy atom. The smallest absolute Gasteiger partial charge is 0.294 e. The molecule has 0 aromatic heterocycles. The van der Waals surface area contributed by atoms with Gasteiger partial charge in [0.2, 0.25) is 6.54 Å². The molecule has 0 amide bonds. The van der Waals surface area contributed by atoms with Gasteiger partial charge in [-0.25, -0.2) is 0 Å². The number of halogens is 6. The molecule has 0 saturated heterocycles. The Hall–Kier alpha value is -1.64. The lowest BCUT2D eigenvalue weighted by molar-refractivity contribution is -0.501. The molecule has 4 nitrogen and oxygen atoms in total. The Balaban J connectivity index is 2.64. The van der Waals surface area contributed by atoms with Gasteiger partial charge in [0.05, 0.1) is 0 Å². The van der Waals surface area contributed by atoms with Gasteiger partial charge < -0.3 is 0 Å². The van der Waals surface area contributed by atoms with Crippen molar-refractivity contribution in [2.24, 2.45) is 0 Å². The van der Waals surface area contributed by atoms with Crippen molar-refractivity contribution in [3.05, 3.63) is 77.7 Å². The molecule has 28 heavy (non-hydrogen) atoms. The number of alkyl halides is 3. The van der Waals surface area contributed by atoms with E-state index in [-0.39, 0.29) is 15.6 Å². The zero-order valence-electron chi connectivity index (χ0n) is 14.3. The lowest BCUT2D eigenvalue weighted by Crippen LogP contribution is -2.49. The van der Waals surface area contributed by atoms with Gasteiger partial charge in [-0.1, -0.05) is 45.2 Å². The summed E-state index contributed by atoms with van der Waals surface area (Å²) in [7, 11) is 0. The maximum Gasteiger partial charge on any atom is 0.405 e. The molecule has 1 atom stereocenters. The molecule has 0 aliphatic heterocycles. The summed E-state index contributed by atoms with van der Waals surface area (Å²) >= 11 is 14.9. The number of rotatable bonds is 6. The van der Waals surface area contributed by atoms with Crippen LogP contribution in [0.15, 0.2) is 40.9 Å². The molecule has 2 aromatic carbocycles. The van der Waals surface area contributed by atoms with Gasteiger partial charge in [-0.15, -0.1) is 0 Å². The van der Waals surface area contributed by atoms with Crippen LogP contribution in [0.3, 0.4) is 0 Å². The van der Waals surface area contributed by atoms with E-state index in [1.54, 1.807) is 6.92 Å². The number of hydrogen-bond donors (Lipinski definition) is 0. The van der Waals surface area contributed by atoms with Crippen molar-refractivity contribution >= 4 is 44.9 Å². The minimum absolute atomic E-state index is 0.0193. The predicted octanol–water partition coefficient (Wildman–Crippen LogP) is 6.41. The van der Waals surface area contributed by atoms with Crippen molar-refractivity contribution in [3.8, 4) is 0 Å². The zero-order valence-corrected chi connectivity index (χ0v) is 17.4. The van der Waals surface area contributed by atoms with Gasteiger partial charge >= 0.3 is 6.18 Å². The summed E-state index contributed by atoms with van der Waals surface area (Å²) in [6, 6.07) is 7.42. The number of nitrogens with zero attached hydrogens (tertiary/aromatic N) is 1. The molecule has 0 heterocycles. The second kappa shape index (κ2) is 8.39. The molecule has 0 fully saturated rings. The van der Waals surface area contributed by atoms with Crippen molar-refractivity contribution in [2.75, 3.05) is 6.54 Å². The van der Waals surface area contributed by atoms with Crippen molar-refractivity contribution in [2.45, 2.75) is 24.9 Å². The molecule has 0 aliphatic carbocycles. The lowest BCUT2D eigenvalue weighted by Gasteiger charge is -2.32. The van der Waals surface area contributed by atoms with Crippen molar-refractivity contribution in [3.63, 3.8) is 0 Å². The molecule has 0 aliphatic rings. The molecule has 0 radical (unpaired) electrons. The van der Waals surface area contributed by atoms with Crippen molar-refractivity contribution in [1.82, 2.24) is 0 Å². The summed E-state index contributed by atoms with van der Waals surface area (Å²) in [6.07, 6.45) is -6.26. The van der Waals surface area contributed by atoms with Gasteiger partial charge in [0.15, 0.2) is 11.2 Å². The summed E-state index contributed by atoms with van der Waals surface area (Å²) in [6.45, 7) is 0.139. The number of benzene rings is 2. The van der Waals surface area contributed by atoms with E-state index < -0.39 is 40.8 Å². The molecular weight excluding hydrogens is 486 g/mol. The average molecular weight is 499 g/mol. The number of carbonyl (C=O) groups excluding carboxylic acids is 1. The van der Waals surface area contributed by atoms with Crippen LogP contribution in [0.4, 0.5) is 13.2 Å². The number of aryl methyl sites for hydroxylation is 1. The van der Waals surface area contributed by atoms with Gasteiger partial charge in [0, 0.05) is 31.4 Å². The average Bonchev–Trinajstić information content (AvgIpc) is 2.54. The summed E-state index contributed by atoms with van der Waals surface area (Å²) in [4.78, 5) is 22.7. The van der Waals surface area contributed by atoms with Crippen LogP contribution in [0.2, 0.25) is 10.0 Å².